The normalized spacial score (nSPS) is 11.3. The molecule has 0 aliphatic rings. The number of carbonyl (C=O) groups is 1. The Hall–Kier alpha value is -1.35. The third kappa shape index (κ3) is 4.15. The van der Waals surface area contributed by atoms with Crippen LogP contribution in [0, 0.1) is 0 Å². The first-order valence-electron chi connectivity index (χ1n) is 6.49. The summed E-state index contributed by atoms with van der Waals surface area (Å²) in [4.78, 5) is 11.7. The summed E-state index contributed by atoms with van der Waals surface area (Å²) in [7, 11) is 0. The van der Waals surface area contributed by atoms with Gasteiger partial charge < -0.3 is 4.74 Å². The second-order valence-corrected chi connectivity index (χ2v) is 4.87. The van der Waals surface area contributed by atoms with Crippen molar-refractivity contribution in [3.8, 4) is 0 Å². The van der Waals surface area contributed by atoms with Crippen molar-refractivity contribution in [3.63, 3.8) is 0 Å². The minimum Gasteiger partial charge on any atom is -0.465 e. The zero-order valence-electron chi connectivity index (χ0n) is 11.7. The van der Waals surface area contributed by atoms with Crippen molar-refractivity contribution in [1.82, 2.24) is 5.32 Å². The first-order chi connectivity index (χ1) is 8.49. The van der Waals surface area contributed by atoms with Crippen LogP contribution in [0.15, 0.2) is 24.3 Å². The lowest BCUT2D eigenvalue weighted by molar-refractivity contribution is -0.149. The Labute approximate surface area is 110 Å². The van der Waals surface area contributed by atoms with E-state index in [2.05, 4.69) is 36.5 Å². The van der Waals surface area contributed by atoms with Gasteiger partial charge in [0.1, 0.15) is 5.54 Å². The monoisotopic (exact) mass is 249 g/mol. The third-order valence-electron chi connectivity index (χ3n) is 2.95. The molecule has 18 heavy (non-hydrogen) atoms. The fraction of sp³-hybridized carbons (Fsp3) is 0.533. The molecule has 1 aromatic carbocycles. The topological polar surface area (TPSA) is 38.3 Å². The maximum absolute atomic E-state index is 11.7. The van der Waals surface area contributed by atoms with E-state index in [-0.39, 0.29) is 5.97 Å². The minimum atomic E-state index is -0.653. The van der Waals surface area contributed by atoms with Gasteiger partial charge in [0.05, 0.1) is 6.61 Å². The van der Waals surface area contributed by atoms with Crippen LogP contribution < -0.4 is 5.32 Å². The highest BCUT2D eigenvalue weighted by atomic mass is 16.5. The molecule has 0 aliphatic carbocycles. The first-order valence-corrected chi connectivity index (χ1v) is 6.49. The number of hydrogen-bond acceptors (Lipinski definition) is 3. The lowest BCUT2D eigenvalue weighted by Crippen LogP contribution is -2.47. The van der Waals surface area contributed by atoms with Crippen LogP contribution in [0.5, 0.6) is 0 Å². The summed E-state index contributed by atoms with van der Waals surface area (Å²) in [5.41, 5.74) is 1.84. The van der Waals surface area contributed by atoms with Crippen LogP contribution in [0.4, 0.5) is 0 Å². The van der Waals surface area contributed by atoms with Gasteiger partial charge in [-0.3, -0.25) is 10.1 Å². The van der Waals surface area contributed by atoms with E-state index in [0.717, 1.165) is 6.42 Å². The van der Waals surface area contributed by atoms with Crippen molar-refractivity contribution < 1.29 is 9.53 Å². The van der Waals surface area contributed by atoms with E-state index in [9.17, 15) is 4.79 Å². The molecule has 0 atom stereocenters. The third-order valence-corrected chi connectivity index (χ3v) is 2.95. The number of nitrogens with one attached hydrogen (secondary N) is 1. The molecule has 1 rings (SSSR count). The van der Waals surface area contributed by atoms with Crippen molar-refractivity contribution >= 4 is 5.97 Å². The van der Waals surface area contributed by atoms with Gasteiger partial charge in [0.25, 0.3) is 0 Å². The van der Waals surface area contributed by atoms with E-state index < -0.39 is 5.54 Å². The lowest BCUT2D eigenvalue weighted by Gasteiger charge is -2.24. The van der Waals surface area contributed by atoms with Crippen LogP contribution in [0.2, 0.25) is 0 Å². The summed E-state index contributed by atoms with van der Waals surface area (Å²) in [5.74, 6) is -0.213. The van der Waals surface area contributed by atoms with E-state index in [1.54, 1.807) is 0 Å². The van der Waals surface area contributed by atoms with Gasteiger partial charge in [-0.2, -0.15) is 0 Å². The number of carbonyl (C=O) groups excluding carboxylic acids is 1. The average molecular weight is 249 g/mol. The van der Waals surface area contributed by atoms with E-state index in [4.69, 9.17) is 4.74 Å². The standard InChI is InChI=1S/C15H23NO2/c1-5-12-7-9-13(10-8-12)11-16-15(3,4)14(17)18-6-2/h7-10,16H,5-6,11H2,1-4H3. The molecule has 3 nitrogen and oxygen atoms in total. The summed E-state index contributed by atoms with van der Waals surface area (Å²) in [6.07, 6.45) is 1.04. The Morgan fingerprint density at radius 2 is 1.72 bits per heavy atom. The highest BCUT2D eigenvalue weighted by Crippen LogP contribution is 2.09. The highest BCUT2D eigenvalue weighted by molar-refractivity contribution is 5.79. The second-order valence-electron chi connectivity index (χ2n) is 4.87. The predicted molar refractivity (Wildman–Crippen MR) is 73.4 cm³/mol. The van der Waals surface area contributed by atoms with Crippen LogP contribution in [0.25, 0.3) is 0 Å². The minimum absolute atomic E-state index is 0.213. The number of rotatable bonds is 6. The van der Waals surface area contributed by atoms with E-state index in [1.807, 2.05) is 20.8 Å². The zero-order chi connectivity index (χ0) is 13.6. The van der Waals surface area contributed by atoms with Crippen molar-refractivity contribution in [3.05, 3.63) is 35.4 Å². The van der Waals surface area contributed by atoms with E-state index in [0.29, 0.717) is 13.2 Å². The molecule has 0 unspecified atom stereocenters. The SMILES string of the molecule is CCOC(=O)C(C)(C)NCc1ccc(CC)cc1. The van der Waals surface area contributed by atoms with Crippen LogP contribution >= 0.6 is 0 Å². The summed E-state index contributed by atoms with van der Waals surface area (Å²) < 4.78 is 5.03. The van der Waals surface area contributed by atoms with Gasteiger partial charge in [-0.15, -0.1) is 0 Å². The quantitative estimate of drug-likeness (QED) is 0.788. The molecule has 1 N–H and O–H groups in total. The van der Waals surface area contributed by atoms with Crippen LogP contribution in [-0.4, -0.2) is 18.1 Å². The number of hydrogen-bond donors (Lipinski definition) is 1. The Morgan fingerprint density at radius 1 is 1.17 bits per heavy atom. The van der Waals surface area contributed by atoms with E-state index in [1.165, 1.54) is 11.1 Å². The fourth-order valence-corrected chi connectivity index (χ4v) is 1.60. The van der Waals surface area contributed by atoms with Crippen LogP contribution in [-0.2, 0) is 22.5 Å². The molecule has 0 aromatic heterocycles. The molecular formula is C15H23NO2. The molecule has 0 aliphatic heterocycles. The Bertz CT molecular complexity index is 382. The maximum Gasteiger partial charge on any atom is 0.325 e. The summed E-state index contributed by atoms with van der Waals surface area (Å²) in [6, 6.07) is 8.42. The van der Waals surface area contributed by atoms with Gasteiger partial charge in [-0.1, -0.05) is 31.2 Å². The molecule has 0 fully saturated rings. The van der Waals surface area contributed by atoms with Crippen molar-refractivity contribution in [2.45, 2.75) is 46.2 Å². The number of ether oxygens (including phenoxy) is 1. The highest BCUT2D eigenvalue weighted by Gasteiger charge is 2.28. The smallest absolute Gasteiger partial charge is 0.325 e. The van der Waals surface area contributed by atoms with Gasteiger partial charge >= 0.3 is 5.97 Å². The molecule has 0 radical (unpaired) electrons. The Morgan fingerprint density at radius 3 is 2.22 bits per heavy atom. The largest absolute Gasteiger partial charge is 0.465 e. The molecule has 0 amide bonds. The molecule has 1 aromatic rings. The molecular weight excluding hydrogens is 226 g/mol. The van der Waals surface area contributed by atoms with Crippen LogP contribution in [0.1, 0.15) is 38.8 Å². The van der Waals surface area contributed by atoms with E-state index >= 15 is 0 Å². The molecule has 0 saturated carbocycles. The van der Waals surface area contributed by atoms with Gasteiger partial charge in [-0.05, 0) is 38.3 Å². The first kappa shape index (κ1) is 14.7. The summed E-state index contributed by atoms with van der Waals surface area (Å²) in [6.45, 7) is 8.70. The Kier molecular flexibility index (Phi) is 5.35. The summed E-state index contributed by atoms with van der Waals surface area (Å²) in [5, 5.41) is 3.22. The Balaban J connectivity index is 2.55. The number of benzene rings is 1. The number of aryl methyl sites for hydroxylation is 1. The van der Waals surface area contributed by atoms with Crippen LogP contribution in [0.3, 0.4) is 0 Å². The molecule has 0 spiro atoms. The maximum atomic E-state index is 11.7. The van der Waals surface area contributed by atoms with Gasteiger partial charge in [0.2, 0.25) is 0 Å². The predicted octanol–water partition coefficient (Wildman–Crippen LogP) is 2.68. The van der Waals surface area contributed by atoms with Crippen molar-refractivity contribution in [1.29, 1.82) is 0 Å². The molecule has 0 saturated heterocycles. The van der Waals surface area contributed by atoms with Gasteiger partial charge in [0.15, 0.2) is 0 Å². The molecule has 3 heteroatoms. The zero-order valence-corrected chi connectivity index (χ0v) is 11.7. The lowest BCUT2D eigenvalue weighted by atomic mass is 10.0. The summed E-state index contributed by atoms with van der Waals surface area (Å²) >= 11 is 0. The number of esters is 1. The van der Waals surface area contributed by atoms with Crippen molar-refractivity contribution in [2.75, 3.05) is 6.61 Å². The van der Waals surface area contributed by atoms with Gasteiger partial charge in [0, 0.05) is 6.54 Å². The molecule has 0 heterocycles. The average Bonchev–Trinajstić information content (AvgIpc) is 2.37. The molecule has 100 valence electrons. The fourth-order valence-electron chi connectivity index (χ4n) is 1.60. The molecule has 0 bridgehead atoms. The van der Waals surface area contributed by atoms with Crippen molar-refractivity contribution in [2.24, 2.45) is 0 Å². The second kappa shape index (κ2) is 6.55. The van der Waals surface area contributed by atoms with Gasteiger partial charge in [-0.25, -0.2) is 0 Å².